The van der Waals surface area contributed by atoms with E-state index in [2.05, 4.69) is 115 Å². The van der Waals surface area contributed by atoms with Gasteiger partial charge >= 0.3 is 0 Å². The van der Waals surface area contributed by atoms with Crippen molar-refractivity contribution in [1.29, 1.82) is 10.8 Å². The number of rotatable bonds is 6. The van der Waals surface area contributed by atoms with Gasteiger partial charge in [0.05, 0.1) is 0 Å². The molecular weight excluding hydrogens is 508 g/mol. The zero-order valence-electron chi connectivity index (χ0n) is 24.0. The van der Waals surface area contributed by atoms with E-state index in [1.807, 2.05) is 0 Å². The fraction of sp³-hybridized carbons (Fsp3) is 0.250. The van der Waals surface area contributed by atoms with Gasteiger partial charge in [-0.1, -0.05) is 115 Å². The van der Waals surface area contributed by atoms with Crippen molar-refractivity contribution in [3.63, 3.8) is 0 Å². The van der Waals surface area contributed by atoms with E-state index in [-0.39, 0.29) is 5.92 Å². The van der Waals surface area contributed by atoms with Crippen molar-refractivity contribution in [3.05, 3.63) is 154 Å². The smallest absolute Gasteiger partial charge is 0.0210 e. The summed E-state index contributed by atoms with van der Waals surface area (Å²) in [4.78, 5) is 0. The molecule has 1 aromatic rings. The van der Waals surface area contributed by atoms with Crippen LogP contribution in [-0.2, 0) is 0 Å². The fourth-order valence-electron chi connectivity index (χ4n) is 7.66. The van der Waals surface area contributed by atoms with Gasteiger partial charge in [0.2, 0.25) is 0 Å². The topological polar surface area (TPSA) is 47.7 Å². The van der Waals surface area contributed by atoms with Crippen LogP contribution in [0.2, 0.25) is 0 Å². The van der Waals surface area contributed by atoms with Crippen LogP contribution in [0.5, 0.6) is 0 Å². The molecule has 0 heterocycles. The molecule has 5 unspecified atom stereocenters. The Bertz CT molecular complexity index is 1760. The van der Waals surface area contributed by atoms with Crippen LogP contribution in [0.3, 0.4) is 0 Å². The molecule has 5 atom stereocenters. The number of allylic oxidation sites excluding steroid dienone is 20. The van der Waals surface area contributed by atoms with Crippen molar-refractivity contribution < 1.29 is 0 Å². The SMILES string of the molecule is N=CC1=CC=CC(C2C=CC=C(C3=c4ccccc4=C(C4=CC(C5=CCC(C=N)C=C5)=CCC4)C4C=CC=CC34)C2)C1. The zero-order valence-corrected chi connectivity index (χ0v) is 24.0. The second-order valence-electron chi connectivity index (χ2n) is 12.2. The monoisotopic (exact) mass is 546 g/mol. The first kappa shape index (κ1) is 26.6. The minimum Gasteiger partial charge on any atom is -0.312 e. The van der Waals surface area contributed by atoms with Crippen LogP contribution < -0.4 is 10.4 Å². The second-order valence-corrected chi connectivity index (χ2v) is 12.2. The molecule has 6 aliphatic carbocycles. The quantitative estimate of drug-likeness (QED) is 0.342. The van der Waals surface area contributed by atoms with Gasteiger partial charge in [-0.25, -0.2) is 0 Å². The average Bonchev–Trinajstić information content (AvgIpc) is 3.07. The van der Waals surface area contributed by atoms with Gasteiger partial charge in [0.15, 0.2) is 0 Å². The standard InChI is InChI=1S/C40H38N2/c41-25-27-18-20-29(21-19-27)31-10-6-12-33(23-31)39-35-14-1-3-16-37(35)40(38-17-4-2-15-36(38)39)34-13-7-11-32(24-34)30-9-5-8-28(22-30)26-42/h1-5,7-11,13-18,20-21,23,25-27,30,32,35,37,41-42H,6,12,19,22,24H2. The van der Waals surface area contributed by atoms with Crippen LogP contribution in [0.1, 0.15) is 32.1 Å². The largest absolute Gasteiger partial charge is 0.312 e. The molecule has 0 saturated heterocycles. The molecule has 0 aromatic heterocycles. The van der Waals surface area contributed by atoms with E-state index in [1.165, 1.54) is 50.1 Å². The highest BCUT2D eigenvalue weighted by Gasteiger charge is 2.35. The van der Waals surface area contributed by atoms with Crippen molar-refractivity contribution in [2.75, 3.05) is 0 Å². The maximum absolute atomic E-state index is 7.77. The van der Waals surface area contributed by atoms with Crippen LogP contribution in [0.25, 0.3) is 11.1 Å². The average molecular weight is 547 g/mol. The third-order valence-electron chi connectivity index (χ3n) is 9.78. The third kappa shape index (κ3) is 4.90. The lowest BCUT2D eigenvalue weighted by Gasteiger charge is -2.37. The lowest BCUT2D eigenvalue weighted by atomic mass is 9.67. The van der Waals surface area contributed by atoms with Gasteiger partial charge in [0, 0.05) is 30.2 Å². The lowest BCUT2D eigenvalue weighted by molar-refractivity contribution is 0.466. The van der Waals surface area contributed by atoms with Crippen molar-refractivity contribution >= 4 is 23.6 Å². The highest BCUT2D eigenvalue weighted by molar-refractivity contribution is 5.82. The Morgan fingerprint density at radius 3 is 2.10 bits per heavy atom. The van der Waals surface area contributed by atoms with Crippen LogP contribution >= 0.6 is 0 Å². The first-order chi connectivity index (χ1) is 20.7. The van der Waals surface area contributed by atoms with E-state index in [0.29, 0.717) is 23.7 Å². The highest BCUT2D eigenvalue weighted by Crippen LogP contribution is 2.45. The van der Waals surface area contributed by atoms with Crippen molar-refractivity contribution in [1.82, 2.24) is 0 Å². The minimum absolute atomic E-state index is 0.224. The van der Waals surface area contributed by atoms with E-state index in [1.54, 1.807) is 6.21 Å². The Hall–Kier alpha value is -4.30. The summed E-state index contributed by atoms with van der Waals surface area (Å²) in [5, 5.41) is 18.2. The van der Waals surface area contributed by atoms with E-state index < -0.39 is 0 Å². The van der Waals surface area contributed by atoms with E-state index in [4.69, 9.17) is 10.8 Å². The second kappa shape index (κ2) is 11.5. The summed E-state index contributed by atoms with van der Waals surface area (Å²) in [6.45, 7) is 0. The molecular formula is C40H38N2. The van der Waals surface area contributed by atoms with E-state index >= 15 is 0 Å². The molecule has 0 radical (unpaired) electrons. The van der Waals surface area contributed by atoms with Crippen LogP contribution in [0.4, 0.5) is 0 Å². The Kier molecular flexibility index (Phi) is 7.30. The predicted molar refractivity (Wildman–Crippen MR) is 177 cm³/mol. The molecule has 0 aliphatic heterocycles. The molecule has 208 valence electrons. The first-order valence-electron chi connectivity index (χ1n) is 15.5. The molecule has 2 nitrogen and oxygen atoms in total. The normalized spacial score (nSPS) is 29.5. The number of nitrogens with one attached hydrogen (secondary N) is 2. The summed E-state index contributed by atoms with van der Waals surface area (Å²) in [5.74, 6) is 1.72. The lowest BCUT2D eigenvalue weighted by Crippen LogP contribution is -2.41. The summed E-state index contributed by atoms with van der Waals surface area (Å²) in [7, 11) is 0. The maximum atomic E-state index is 7.77. The predicted octanol–water partition coefficient (Wildman–Crippen LogP) is 7.81. The number of fused-ring (bicyclic) bond motifs is 2. The molecule has 1 aromatic carbocycles. The molecule has 6 aliphatic rings. The summed E-state index contributed by atoms with van der Waals surface area (Å²) in [6, 6.07) is 9.11. The highest BCUT2D eigenvalue weighted by atomic mass is 14.4. The van der Waals surface area contributed by atoms with Crippen molar-refractivity contribution in [2.45, 2.75) is 32.1 Å². The van der Waals surface area contributed by atoms with Gasteiger partial charge in [-0.2, -0.15) is 0 Å². The summed E-state index contributed by atoms with van der Waals surface area (Å²) >= 11 is 0. The molecule has 2 heteroatoms. The molecule has 0 saturated carbocycles. The summed E-state index contributed by atoms with van der Waals surface area (Å²) in [5.41, 5.74) is 9.63. The van der Waals surface area contributed by atoms with Gasteiger partial charge in [0.25, 0.3) is 0 Å². The molecule has 0 fully saturated rings. The first-order valence-corrected chi connectivity index (χ1v) is 15.5. The van der Waals surface area contributed by atoms with Crippen molar-refractivity contribution in [3.8, 4) is 0 Å². The zero-order chi connectivity index (χ0) is 28.5. The maximum Gasteiger partial charge on any atom is 0.0210 e. The molecule has 0 amide bonds. The van der Waals surface area contributed by atoms with Gasteiger partial charge < -0.3 is 10.8 Å². The van der Waals surface area contributed by atoms with Gasteiger partial charge in [-0.15, -0.1) is 0 Å². The van der Waals surface area contributed by atoms with E-state index in [9.17, 15) is 0 Å². The van der Waals surface area contributed by atoms with Crippen LogP contribution in [0.15, 0.2) is 143 Å². The Labute approximate surface area is 249 Å². The third-order valence-corrected chi connectivity index (χ3v) is 9.78. The number of benzene rings is 1. The van der Waals surface area contributed by atoms with Crippen LogP contribution in [0, 0.1) is 40.4 Å². The molecule has 0 spiro atoms. The van der Waals surface area contributed by atoms with Gasteiger partial charge in [-0.3, -0.25) is 0 Å². The Morgan fingerprint density at radius 1 is 0.690 bits per heavy atom. The molecule has 42 heavy (non-hydrogen) atoms. The van der Waals surface area contributed by atoms with Crippen LogP contribution in [-0.4, -0.2) is 12.4 Å². The molecule has 0 bridgehead atoms. The van der Waals surface area contributed by atoms with E-state index in [0.717, 1.165) is 37.7 Å². The molecule has 2 N–H and O–H groups in total. The molecule has 7 rings (SSSR count). The minimum atomic E-state index is 0.224. The Balaban J connectivity index is 1.32. The van der Waals surface area contributed by atoms with Crippen molar-refractivity contribution in [2.24, 2.45) is 29.6 Å². The Morgan fingerprint density at radius 2 is 1.40 bits per heavy atom. The van der Waals surface area contributed by atoms with Gasteiger partial charge in [0.1, 0.15) is 0 Å². The summed E-state index contributed by atoms with van der Waals surface area (Å²) in [6.07, 6.45) is 42.5. The van der Waals surface area contributed by atoms with Gasteiger partial charge in [-0.05, 0) is 93.4 Å². The summed E-state index contributed by atoms with van der Waals surface area (Å²) < 4.78 is 0. The fourth-order valence-corrected chi connectivity index (χ4v) is 7.66. The number of hydrogen-bond donors (Lipinski definition) is 2. The number of hydrogen-bond acceptors (Lipinski definition) is 2.